The smallest absolute Gasteiger partial charge is 0.224 e. The number of carbonyl (C=O) groups excluding carboxylic acids is 2. The van der Waals surface area contributed by atoms with E-state index in [2.05, 4.69) is 54.2 Å². The largest absolute Gasteiger partial charge is 0.400 e. The minimum absolute atomic E-state index is 0.0397. The van der Waals surface area contributed by atoms with Crippen molar-refractivity contribution >= 4 is 28.8 Å². The number of anilines is 1. The van der Waals surface area contributed by atoms with E-state index < -0.39 is 0 Å². The molecule has 0 spiro atoms. The molecule has 0 aliphatic carbocycles. The van der Waals surface area contributed by atoms with Crippen molar-refractivity contribution in [1.82, 2.24) is 4.57 Å². The molecule has 4 aromatic rings. The van der Waals surface area contributed by atoms with Crippen LogP contribution in [-0.2, 0) is 11.3 Å². The number of aliphatic hydroxyl groups is 1. The molecule has 3 aromatic carbocycles. The maximum atomic E-state index is 12.4. The lowest BCUT2D eigenvalue weighted by molar-refractivity contribution is -0.116. The summed E-state index contributed by atoms with van der Waals surface area (Å²) in [5.74, 6) is 0.516. The Morgan fingerprint density at radius 1 is 0.971 bits per heavy atom. The van der Waals surface area contributed by atoms with E-state index in [1.165, 1.54) is 5.56 Å². The van der Waals surface area contributed by atoms with E-state index in [-0.39, 0.29) is 5.91 Å². The molecular weight excluding hydrogens is 436 g/mol. The molecule has 0 aliphatic rings. The predicted octanol–water partition coefficient (Wildman–Crippen LogP) is 6.66. The fourth-order valence-electron chi connectivity index (χ4n) is 4.16. The number of carbonyl (C=O) groups is 2. The van der Waals surface area contributed by atoms with Gasteiger partial charge in [-0.25, -0.2) is 0 Å². The van der Waals surface area contributed by atoms with Gasteiger partial charge in [0, 0.05) is 54.0 Å². The molecule has 0 atom stereocenters. The minimum Gasteiger partial charge on any atom is -0.400 e. The monoisotopic (exact) mass is 470 g/mol. The van der Waals surface area contributed by atoms with E-state index in [4.69, 9.17) is 5.11 Å². The van der Waals surface area contributed by atoms with Gasteiger partial charge in [-0.05, 0) is 48.1 Å². The zero-order valence-corrected chi connectivity index (χ0v) is 20.7. The van der Waals surface area contributed by atoms with Crippen molar-refractivity contribution < 1.29 is 14.7 Å². The fourth-order valence-corrected chi connectivity index (χ4v) is 4.16. The first-order valence-electron chi connectivity index (χ1n) is 12.0. The van der Waals surface area contributed by atoms with Crippen LogP contribution < -0.4 is 5.32 Å². The van der Waals surface area contributed by atoms with Crippen molar-refractivity contribution in [2.75, 3.05) is 12.4 Å². The average molecular weight is 471 g/mol. The zero-order valence-electron chi connectivity index (χ0n) is 20.7. The van der Waals surface area contributed by atoms with Gasteiger partial charge in [0.15, 0.2) is 0 Å². The number of fused-ring (bicyclic) bond motifs is 1. The molecule has 0 aliphatic heterocycles. The molecule has 0 unspecified atom stereocenters. The fraction of sp³-hybridized carbons (Fsp3) is 0.267. The van der Waals surface area contributed by atoms with E-state index >= 15 is 0 Å². The number of aryl methyl sites for hydroxylation is 1. The first-order valence-corrected chi connectivity index (χ1v) is 12.0. The second-order valence-corrected chi connectivity index (χ2v) is 8.78. The summed E-state index contributed by atoms with van der Waals surface area (Å²) < 4.78 is 2.20. The first-order chi connectivity index (χ1) is 17.0. The van der Waals surface area contributed by atoms with Crippen LogP contribution in [0.1, 0.15) is 54.9 Å². The quantitative estimate of drug-likeness (QED) is 0.212. The van der Waals surface area contributed by atoms with E-state index in [0.29, 0.717) is 17.9 Å². The van der Waals surface area contributed by atoms with E-state index in [1.807, 2.05) is 48.5 Å². The second kappa shape index (κ2) is 12.7. The number of hydrogen-bond donors (Lipinski definition) is 2. The van der Waals surface area contributed by atoms with Crippen LogP contribution in [0.5, 0.6) is 0 Å². The number of aliphatic hydroxyl groups excluding tert-OH is 1. The highest BCUT2D eigenvalue weighted by Crippen LogP contribution is 2.31. The molecule has 0 bridgehead atoms. The van der Waals surface area contributed by atoms with Crippen LogP contribution >= 0.6 is 0 Å². The SMILES string of the molecule is CC(C)c1ccc(NC(=O)CCCCn2cc(-c3ccccc3)c3ccc(C=O)cc32)cc1.CO. The predicted molar refractivity (Wildman–Crippen MR) is 144 cm³/mol. The van der Waals surface area contributed by atoms with Gasteiger partial charge in [0.1, 0.15) is 6.29 Å². The molecule has 4 rings (SSSR count). The maximum absolute atomic E-state index is 12.4. The number of aromatic nitrogens is 1. The highest BCUT2D eigenvalue weighted by atomic mass is 16.2. The topological polar surface area (TPSA) is 71.3 Å². The Kier molecular flexibility index (Phi) is 9.39. The second-order valence-electron chi connectivity index (χ2n) is 8.78. The minimum atomic E-state index is 0.0397. The summed E-state index contributed by atoms with van der Waals surface area (Å²) in [6.45, 7) is 5.11. The third-order valence-corrected chi connectivity index (χ3v) is 6.04. The number of nitrogens with one attached hydrogen (secondary N) is 1. The molecule has 5 heteroatoms. The van der Waals surface area contributed by atoms with Crippen LogP contribution in [0, 0.1) is 0 Å². The van der Waals surface area contributed by atoms with Gasteiger partial charge < -0.3 is 15.0 Å². The van der Waals surface area contributed by atoms with Gasteiger partial charge in [-0.1, -0.05) is 68.4 Å². The average Bonchev–Trinajstić information content (AvgIpc) is 3.26. The molecular formula is C30H34N2O3. The third kappa shape index (κ3) is 6.67. The standard InChI is InChI=1S/C29H30N2O2.CH4O/c1-21(2)23-12-14-25(15-13-23)30-29(33)10-6-7-17-31-19-27(24-8-4-3-5-9-24)26-16-11-22(20-32)18-28(26)31;1-2/h3-5,8-9,11-16,18-21H,6-7,10,17H2,1-2H3,(H,30,33);2H,1H3. The third-order valence-electron chi connectivity index (χ3n) is 6.04. The van der Waals surface area contributed by atoms with Crippen LogP contribution in [0.2, 0.25) is 0 Å². The number of hydrogen-bond acceptors (Lipinski definition) is 3. The van der Waals surface area contributed by atoms with E-state index in [1.54, 1.807) is 0 Å². The number of unbranched alkanes of at least 4 members (excludes halogenated alkanes) is 1. The van der Waals surface area contributed by atoms with E-state index in [9.17, 15) is 9.59 Å². The lowest BCUT2D eigenvalue weighted by Gasteiger charge is -2.09. The molecule has 0 saturated carbocycles. The molecule has 5 nitrogen and oxygen atoms in total. The van der Waals surface area contributed by atoms with Crippen molar-refractivity contribution in [1.29, 1.82) is 0 Å². The van der Waals surface area contributed by atoms with Crippen LogP contribution in [0.4, 0.5) is 5.69 Å². The lowest BCUT2D eigenvalue weighted by Crippen LogP contribution is -2.11. The summed E-state index contributed by atoms with van der Waals surface area (Å²) in [4.78, 5) is 23.7. The van der Waals surface area contributed by atoms with E-state index in [0.717, 1.165) is 60.5 Å². The van der Waals surface area contributed by atoms with Crippen LogP contribution in [-0.4, -0.2) is 29.0 Å². The van der Waals surface area contributed by atoms with Gasteiger partial charge >= 0.3 is 0 Å². The van der Waals surface area contributed by atoms with Gasteiger partial charge in [-0.3, -0.25) is 9.59 Å². The zero-order chi connectivity index (χ0) is 25.2. The molecule has 182 valence electrons. The van der Waals surface area contributed by atoms with Crippen molar-refractivity contribution in [2.45, 2.75) is 45.6 Å². The summed E-state index contributed by atoms with van der Waals surface area (Å²) in [5.41, 5.74) is 6.14. The summed E-state index contributed by atoms with van der Waals surface area (Å²) >= 11 is 0. The Morgan fingerprint density at radius 3 is 2.34 bits per heavy atom. The highest BCUT2D eigenvalue weighted by Gasteiger charge is 2.11. The summed E-state index contributed by atoms with van der Waals surface area (Å²) in [6, 6.07) is 24.2. The molecule has 1 aromatic heterocycles. The maximum Gasteiger partial charge on any atom is 0.224 e. The van der Waals surface area contributed by atoms with Crippen molar-refractivity contribution in [3.05, 3.63) is 90.1 Å². The number of rotatable bonds is 9. The Balaban J connectivity index is 0.00000167. The number of aldehydes is 1. The number of amides is 1. The van der Waals surface area contributed by atoms with Crippen LogP contribution in [0.25, 0.3) is 22.0 Å². The molecule has 0 fully saturated rings. The summed E-state index contributed by atoms with van der Waals surface area (Å²) in [6.07, 6.45) is 5.20. The molecule has 2 N–H and O–H groups in total. The molecule has 0 saturated heterocycles. The van der Waals surface area contributed by atoms with Crippen LogP contribution in [0.15, 0.2) is 79.0 Å². The Labute approximate surface area is 207 Å². The Hall–Kier alpha value is -3.70. The van der Waals surface area contributed by atoms with Crippen molar-refractivity contribution in [3.8, 4) is 11.1 Å². The van der Waals surface area contributed by atoms with Crippen LogP contribution in [0.3, 0.4) is 0 Å². The molecule has 0 radical (unpaired) electrons. The van der Waals surface area contributed by atoms with Gasteiger partial charge in [0.25, 0.3) is 0 Å². The lowest BCUT2D eigenvalue weighted by atomic mass is 10.0. The van der Waals surface area contributed by atoms with Gasteiger partial charge in [-0.15, -0.1) is 0 Å². The highest BCUT2D eigenvalue weighted by molar-refractivity contribution is 5.98. The van der Waals surface area contributed by atoms with Crippen molar-refractivity contribution in [3.63, 3.8) is 0 Å². The van der Waals surface area contributed by atoms with Gasteiger partial charge in [-0.2, -0.15) is 0 Å². The molecule has 35 heavy (non-hydrogen) atoms. The summed E-state index contributed by atoms with van der Waals surface area (Å²) in [5, 5.41) is 11.1. The summed E-state index contributed by atoms with van der Waals surface area (Å²) in [7, 11) is 1.00. The van der Waals surface area contributed by atoms with Gasteiger partial charge in [0.05, 0.1) is 0 Å². The normalized spacial score (nSPS) is 10.7. The Bertz CT molecular complexity index is 1240. The molecule has 1 amide bonds. The number of benzene rings is 3. The Morgan fingerprint density at radius 2 is 1.69 bits per heavy atom. The van der Waals surface area contributed by atoms with Crippen molar-refractivity contribution in [2.24, 2.45) is 0 Å². The first kappa shape index (κ1) is 25.9. The van der Waals surface area contributed by atoms with Gasteiger partial charge in [0.2, 0.25) is 5.91 Å². The molecule has 1 heterocycles. The number of nitrogens with zero attached hydrogens (tertiary/aromatic N) is 1.